The van der Waals surface area contributed by atoms with Gasteiger partial charge in [-0.05, 0) is 36.3 Å². The van der Waals surface area contributed by atoms with E-state index in [0.29, 0.717) is 17.4 Å². The predicted molar refractivity (Wildman–Crippen MR) is 61.5 cm³/mol. The van der Waals surface area contributed by atoms with Crippen LogP contribution in [0.1, 0.15) is 23.2 Å². The maximum Gasteiger partial charge on any atom is 0.256 e. The zero-order valence-electron chi connectivity index (χ0n) is 8.16. The van der Waals surface area contributed by atoms with E-state index in [1.165, 1.54) is 24.9 Å². The number of thioether (sulfide) groups is 1. The summed E-state index contributed by atoms with van der Waals surface area (Å²) in [6.07, 6.45) is 3.85. The molecule has 1 aromatic rings. The van der Waals surface area contributed by atoms with Crippen LogP contribution < -0.4 is 5.32 Å². The van der Waals surface area contributed by atoms with E-state index in [-0.39, 0.29) is 11.1 Å². The number of amides is 1. The Morgan fingerprint density at radius 3 is 3.20 bits per heavy atom. The average Bonchev–Trinajstić information content (AvgIpc) is 2.84. The van der Waals surface area contributed by atoms with Gasteiger partial charge >= 0.3 is 0 Å². The lowest BCUT2D eigenvalue weighted by molar-refractivity contribution is 0.0953. The molecule has 1 atom stereocenters. The molecule has 0 aliphatic carbocycles. The van der Waals surface area contributed by atoms with Crippen molar-refractivity contribution in [3.05, 3.63) is 23.1 Å². The van der Waals surface area contributed by atoms with E-state index in [2.05, 4.69) is 5.32 Å². The topological polar surface area (TPSA) is 42.2 Å². The number of halogens is 1. The number of hydrogen-bond donors (Lipinski definition) is 1. The molecule has 1 saturated heterocycles. The Labute approximate surface area is 97.5 Å². The summed E-state index contributed by atoms with van der Waals surface area (Å²) in [5, 5.41) is 3.58. The monoisotopic (exact) mass is 245 g/mol. The van der Waals surface area contributed by atoms with Crippen molar-refractivity contribution in [1.82, 2.24) is 5.32 Å². The van der Waals surface area contributed by atoms with E-state index in [0.717, 1.165) is 0 Å². The van der Waals surface area contributed by atoms with Crippen LogP contribution in [-0.4, -0.2) is 23.5 Å². The van der Waals surface area contributed by atoms with E-state index in [9.17, 15) is 4.79 Å². The van der Waals surface area contributed by atoms with Gasteiger partial charge in [0, 0.05) is 11.8 Å². The van der Waals surface area contributed by atoms with Crippen LogP contribution in [-0.2, 0) is 0 Å². The van der Waals surface area contributed by atoms with E-state index in [1.54, 1.807) is 6.07 Å². The van der Waals surface area contributed by atoms with Gasteiger partial charge in [-0.3, -0.25) is 4.79 Å². The molecule has 5 heteroatoms. The Kier molecular flexibility index (Phi) is 3.59. The van der Waals surface area contributed by atoms with Gasteiger partial charge in [0.1, 0.15) is 0 Å². The van der Waals surface area contributed by atoms with Gasteiger partial charge in [-0.2, -0.15) is 11.8 Å². The van der Waals surface area contributed by atoms with Crippen molar-refractivity contribution in [3.8, 4) is 0 Å². The quantitative estimate of drug-likeness (QED) is 0.890. The Balaban J connectivity index is 1.84. The molecule has 2 heterocycles. The van der Waals surface area contributed by atoms with Gasteiger partial charge in [0.05, 0.1) is 11.8 Å². The molecular formula is C10H12ClNO2S. The van der Waals surface area contributed by atoms with E-state index < -0.39 is 0 Å². The van der Waals surface area contributed by atoms with Crippen molar-refractivity contribution in [2.24, 2.45) is 0 Å². The zero-order chi connectivity index (χ0) is 10.7. The number of carbonyl (C=O) groups excluding carboxylic acids is 1. The fraction of sp³-hybridized carbons (Fsp3) is 0.500. The highest BCUT2D eigenvalue weighted by Gasteiger charge is 2.18. The fourth-order valence-electron chi connectivity index (χ4n) is 1.56. The summed E-state index contributed by atoms with van der Waals surface area (Å²) in [5.74, 6) is 1.05. The molecular weight excluding hydrogens is 234 g/mol. The summed E-state index contributed by atoms with van der Waals surface area (Å²) in [7, 11) is 0. The van der Waals surface area contributed by atoms with E-state index in [1.807, 2.05) is 11.8 Å². The number of hydrogen-bond acceptors (Lipinski definition) is 3. The van der Waals surface area contributed by atoms with Crippen LogP contribution in [0.3, 0.4) is 0 Å². The maximum atomic E-state index is 11.6. The largest absolute Gasteiger partial charge is 0.452 e. The molecule has 0 aromatic carbocycles. The Hall–Kier alpha value is -0.610. The predicted octanol–water partition coefficient (Wildman–Crippen LogP) is 2.56. The number of carbonyl (C=O) groups is 1. The normalized spacial score (nSPS) is 20.5. The number of rotatable bonds is 3. The lowest BCUT2D eigenvalue weighted by atomic mass is 10.2. The highest BCUT2D eigenvalue weighted by molar-refractivity contribution is 8.00. The molecule has 1 aliphatic heterocycles. The van der Waals surface area contributed by atoms with Gasteiger partial charge in [0.25, 0.3) is 5.91 Å². The van der Waals surface area contributed by atoms with Gasteiger partial charge in [-0.25, -0.2) is 0 Å². The van der Waals surface area contributed by atoms with Crippen molar-refractivity contribution in [2.45, 2.75) is 18.1 Å². The summed E-state index contributed by atoms with van der Waals surface area (Å²) >= 11 is 7.61. The first kappa shape index (κ1) is 10.9. The first-order valence-electron chi connectivity index (χ1n) is 4.90. The molecule has 0 saturated carbocycles. The van der Waals surface area contributed by atoms with Crippen molar-refractivity contribution in [1.29, 1.82) is 0 Å². The number of nitrogens with one attached hydrogen (secondary N) is 1. The molecule has 0 spiro atoms. The molecule has 2 rings (SSSR count). The first-order valence-corrected chi connectivity index (χ1v) is 6.33. The molecule has 0 radical (unpaired) electrons. The Morgan fingerprint density at radius 2 is 2.60 bits per heavy atom. The summed E-state index contributed by atoms with van der Waals surface area (Å²) in [6, 6.07) is 1.58. The van der Waals surface area contributed by atoms with Gasteiger partial charge in [0.2, 0.25) is 5.22 Å². The van der Waals surface area contributed by atoms with Crippen LogP contribution in [0, 0.1) is 0 Å². The summed E-state index contributed by atoms with van der Waals surface area (Å²) in [6.45, 7) is 0.713. The SMILES string of the molecule is O=C(NCC1CCCS1)c1ccoc1Cl. The van der Waals surface area contributed by atoms with Crippen molar-refractivity contribution >= 4 is 29.3 Å². The first-order chi connectivity index (χ1) is 7.27. The Bertz CT molecular complexity index is 347. The lowest BCUT2D eigenvalue weighted by Crippen LogP contribution is -2.29. The highest BCUT2D eigenvalue weighted by atomic mass is 35.5. The Morgan fingerprint density at radius 1 is 1.73 bits per heavy atom. The number of furan rings is 1. The molecule has 1 amide bonds. The molecule has 82 valence electrons. The molecule has 1 aliphatic rings. The molecule has 1 aromatic heterocycles. The average molecular weight is 246 g/mol. The summed E-state index contributed by atoms with van der Waals surface area (Å²) < 4.78 is 4.86. The minimum absolute atomic E-state index is 0.152. The van der Waals surface area contributed by atoms with Gasteiger partial charge in [-0.1, -0.05) is 0 Å². The molecule has 1 unspecified atom stereocenters. The second-order valence-electron chi connectivity index (χ2n) is 3.45. The summed E-state index contributed by atoms with van der Waals surface area (Å²) in [4.78, 5) is 11.6. The second-order valence-corrected chi connectivity index (χ2v) is 5.20. The second kappa shape index (κ2) is 4.94. The van der Waals surface area contributed by atoms with Crippen molar-refractivity contribution in [3.63, 3.8) is 0 Å². The molecule has 3 nitrogen and oxygen atoms in total. The van der Waals surface area contributed by atoms with Gasteiger partial charge in [-0.15, -0.1) is 0 Å². The van der Waals surface area contributed by atoms with Crippen LogP contribution in [0.15, 0.2) is 16.7 Å². The molecule has 15 heavy (non-hydrogen) atoms. The van der Waals surface area contributed by atoms with Crippen LogP contribution in [0.2, 0.25) is 5.22 Å². The maximum absolute atomic E-state index is 11.6. The van der Waals surface area contributed by atoms with E-state index >= 15 is 0 Å². The molecule has 1 N–H and O–H groups in total. The highest BCUT2D eigenvalue weighted by Crippen LogP contribution is 2.25. The minimum Gasteiger partial charge on any atom is -0.452 e. The van der Waals surface area contributed by atoms with Crippen LogP contribution >= 0.6 is 23.4 Å². The van der Waals surface area contributed by atoms with Gasteiger partial charge in [0.15, 0.2) is 0 Å². The van der Waals surface area contributed by atoms with Crippen molar-refractivity contribution < 1.29 is 9.21 Å². The third-order valence-corrected chi connectivity index (χ3v) is 4.07. The molecule has 0 bridgehead atoms. The zero-order valence-corrected chi connectivity index (χ0v) is 9.74. The smallest absolute Gasteiger partial charge is 0.256 e. The molecule has 1 fully saturated rings. The minimum atomic E-state index is -0.152. The third-order valence-electron chi connectivity index (χ3n) is 2.38. The van der Waals surface area contributed by atoms with Crippen LogP contribution in [0.5, 0.6) is 0 Å². The van der Waals surface area contributed by atoms with Crippen LogP contribution in [0.4, 0.5) is 0 Å². The van der Waals surface area contributed by atoms with Crippen LogP contribution in [0.25, 0.3) is 0 Å². The van der Waals surface area contributed by atoms with E-state index in [4.69, 9.17) is 16.0 Å². The summed E-state index contributed by atoms with van der Waals surface area (Å²) in [5.41, 5.74) is 0.416. The standard InChI is InChI=1S/C10H12ClNO2S/c11-9-8(3-4-14-9)10(13)12-6-7-2-1-5-15-7/h3-4,7H,1-2,5-6H2,(H,12,13). The fourth-order valence-corrected chi connectivity index (χ4v) is 2.96. The lowest BCUT2D eigenvalue weighted by Gasteiger charge is -2.09. The van der Waals surface area contributed by atoms with Gasteiger partial charge < -0.3 is 9.73 Å². The third kappa shape index (κ3) is 2.69. The van der Waals surface area contributed by atoms with Crippen molar-refractivity contribution in [2.75, 3.05) is 12.3 Å².